The third-order valence-electron chi connectivity index (χ3n) is 4.79. The molecule has 0 spiro atoms. The van der Waals surface area contributed by atoms with E-state index in [0.29, 0.717) is 34.0 Å². The van der Waals surface area contributed by atoms with Crippen LogP contribution in [-0.4, -0.2) is 27.4 Å². The Bertz CT molecular complexity index is 1200. The maximum absolute atomic E-state index is 12.8. The Morgan fingerprint density at radius 1 is 1.03 bits per heavy atom. The van der Waals surface area contributed by atoms with Crippen molar-refractivity contribution in [3.05, 3.63) is 82.2 Å². The van der Waals surface area contributed by atoms with Crippen molar-refractivity contribution in [3.8, 4) is 0 Å². The summed E-state index contributed by atoms with van der Waals surface area (Å²) >= 11 is 1.28. The van der Waals surface area contributed by atoms with Gasteiger partial charge >= 0.3 is 5.97 Å². The molecule has 3 aromatic rings. The van der Waals surface area contributed by atoms with Crippen LogP contribution in [0.5, 0.6) is 0 Å². The summed E-state index contributed by atoms with van der Waals surface area (Å²) in [5.41, 5.74) is 2.16. The van der Waals surface area contributed by atoms with Crippen LogP contribution in [0.15, 0.2) is 64.9 Å². The van der Waals surface area contributed by atoms with Crippen LogP contribution in [0.1, 0.15) is 45.7 Å². The van der Waals surface area contributed by atoms with Crippen molar-refractivity contribution in [3.63, 3.8) is 0 Å². The zero-order chi connectivity index (χ0) is 23.3. The zero-order valence-corrected chi connectivity index (χ0v) is 19.8. The highest BCUT2D eigenvalue weighted by Crippen LogP contribution is 2.31. The number of amides is 1. The summed E-state index contributed by atoms with van der Waals surface area (Å²) < 4.78 is 30.0. The van der Waals surface area contributed by atoms with Gasteiger partial charge in [0.1, 0.15) is 5.00 Å². The Labute approximate surface area is 192 Å². The number of methoxy groups -OCH3 is 1. The number of ether oxygens (including phenoxy) is 1. The summed E-state index contributed by atoms with van der Waals surface area (Å²) in [5.74, 6) is -0.685. The number of esters is 1. The van der Waals surface area contributed by atoms with Gasteiger partial charge in [0, 0.05) is 5.56 Å². The number of thiophene rings is 1. The Hall–Kier alpha value is -2.97. The maximum atomic E-state index is 12.8. The van der Waals surface area contributed by atoms with Crippen LogP contribution in [0.4, 0.5) is 5.00 Å². The van der Waals surface area contributed by atoms with E-state index in [9.17, 15) is 18.0 Å². The molecule has 0 atom stereocenters. The molecule has 0 saturated heterocycles. The van der Waals surface area contributed by atoms with Crippen LogP contribution in [0.2, 0.25) is 0 Å². The van der Waals surface area contributed by atoms with Crippen LogP contribution >= 0.6 is 11.3 Å². The molecule has 168 valence electrons. The molecule has 1 heterocycles. The fourth-order valence-electron chi connectivity index (χ4n) is 3.26. The fourth-order valence-corrected chi connectivity index (χ4v) is 5.59. The van der Waals surface area contributed by atoms with Gasteiger partial charge in [-0.1, -0.05) is 44.2 Å². The van der Waals surface area contributed by atoms with Crippen molar-refractivity contribution >= 4 is 38.1 Å². The van der Waals surface area contributed by atoms with Crippen LogP contribution in [0, 0.1) is 5.92 Å². The molecule has 0 fully saturated rings. The summed E-state index contributed by atoms with van der Waals surface area (Å²) in [4.78, 5) is 25.3. The Kier molecular flexibility index (Phi) is 7.48. The first kappa shape index (κ1) is 23.7. The summed E-state index contributed by atoms with van der Waals surface area (Å²) in [6.45, 7) is 4.10. The molecule has 8 heteroatoms. The SMILES string of the molecule is COC(=O)c1c(CC(C)C)csc1NC(=O)c1ccc(CS(=O)(=O)c2ccccc2)cc1. The zero-order valence-electron chi connectivity index (χ0n) is 18.1. The lowest BCUT2D eigenvalue weighted by atomic mass is 10.0. The highest BCUT2D eigenvalue weighted by atomic mass is 32.2. The van der Waals surface area contributed by atoms with Crippen molar-refractivity contribution in [1.82, 2.24) is 0 Å². The standard InChI is InChI=1S/C24H25NO5S2/c1-16(2)13-19-14-31-23(21(19)24(27)30-3)25-22(26)18-11-9-17(10-12-18)15-32(28,29)20-7-5-4-6-8-20/h4-12,14,16H,13,15H2,1-3H3,(H,25,26). The molecule has 2 aromatic carbocycles. The minimum absolute atomic E-state index is 0.158. The van der Waals surface area contributed by atoms with E-state index >= 15 is 0 Å². The smallest absolute Gasteiger partial charge is 0.341 e. The quantitative estimate of drug-likeness (QED) is 0.469. The first-order chi connectivity index (χ1) is 15.2. The molecular formula is C24H25NO5S2. The van der Waals surface area contributed by atoms with Gasteiger partial charge in [-0.25, -0.2) is 13.2 Å². The first-order valence-corrected chi connectivity index (χ1v) is 12.6. The van der Waals surface area contributed by atoms with Gasteiger partial charge in [-0.2, -0.15) is 0 Å². The molecule has 3 rings (SSSR count). The summed E-state index contributed by atoms with van der Waals surface area (Å²) in [7, 11) is -2.16. The monoisotopic (exact) mass is 471 g/mol. The largest absolute Gasteiger partial charge is 0.465 e. The van der Waals surface area contributed by atoms with E-state index in [1.54, 1.807) is 54.6 Å². The minimum atomic E-state index is -3.47. The second kappa shape index (κ2) is 10.1. The van der Waals surface area contributed by atoms with Crippen LogP contribution in [-0.2, 0) is 26.7 Å². The van der Waals surface area contributed by atoms with E-state index in [-0.39, 0.29) is 16.6 Å². The van der Waals surface area contributed by atoms with E-state index in [2.05, 4.69) is 19.2 Å². The predicted molar refractivity (Wildman–Crippen MR) is 126 cm³/mol. The molecule has 0 bridgehead atoms. The molecule has 0 aliphatic rings. The number of benzene rings is 2. The van der Waals surface area contributed by atoms with E-state index in [0.717, 1.165) is 5.56 Å². The van der Waals surface area contributed by atoms with Gasteiger partial charge < -0.3 is 10.1 Å². The number of hydrogen-bond acceptors (Lipinski definition) is 6. The molecule has 1 amide bonds. The van der Waals surface area contributed by atoms with Crippen molar-refractivity contribution in [2.24, 2.45) is 5.92 Å². The van der Waals surface area contributed by atoms with Gasteiger partial charge in [0.15, 0.2) is 9.84 Å². The molecule has 0 saturated carbocycles. The molecule has 0 aliphatic carbocycles. The summed E-state index contributed by atoms with van der Waals surface area (Å²) in [6, 6.07) is 14.6. The lowest BCUT2D eigenvalue weighted by molar-refractivity contribution is 0.0601. The number of nitrogens with one attached hydrogen (secondary N) is 1. The molecule has 0 radical (unpaired) electrons. The number of sulfone groups is 1. The Morgan fingerprint density at radius 3 is 2.28 bits per heavy atom. The van der Waals surface area contributed by atoms with E-state index in [1.807, 2.05) is 5.38 Å². The Morgan fingerprint density at radius 2 is 1.69 bits per heavy atom. The minimum Gasteiger partial charge on any atom is -0.465 e. The number of carbonyl (C=O) groups is 2. The fraction of sp³-hybridized carbons (Fsp3) is 0.250. The number of anilines is 1. The van der Waals surface area contributed by atoms with Crippen molar-refractivity contribution in [1.29, 1.82) is 0 Å². The third-order valence-corrected chi connectivity index (χ3v) is 7.44. The van der Waals surface area contributed by atoms with Gasteiger partial charge in [0.2, 0.25) is 0 Å². The van der Waals surface area contributed by atoms with Gasteiger partial charge in [0.05, 0.1) is 23.3 Å². The molecule has 0 unspecified atom stereocenters. The van der Waals surface area contributed by atoms with E-state index in [4.69, 9.17) is 4.74 Å². The first-order valence-electron chi connectivity index (χ1n) is 10.1. The van der Waals surface area contributed by atoms with Gasteiger partial charge in [0.25, 0.3) is 5.91 Å². The molecular weight excluding hydrogens is 446 g/mol. The van der Waals surface area contributed by atoms with Gasteiger partial charge in [-0.05, 0) is 53.1 Å². The molecule has 32 heavy (non-hydrogen) atoms. The highest BCUT2D eigenvalue weighted by molar-refractivity contribution is 7.90. The van der Waals surface area contributed by atoms with Crippen LogP contribution in [0.25, 0.3) is 0 Å². The van der Waals surface area contributed by atoms with Crippen molar-refractivity contribution < 1.29 is 22.7 Å². The molecule has 0 aliphatic heterocycles. The highest BCUT2D eigenvalue weighted by Gasteiger charge is 2.22. The second-order valence-corrected chi connectivity index (χ2v) is 10.6. The normalized spacial score (nSPS) is 11.4. The molecule has 6 nitrogen and oxygen atoms in total. The van der Waals surface area contributed by atoms with Crippen LogP contribution < -0.4 is 5.32 Å². The van der Waals surface area contributed by atoms with Gasteiger partial charge in [-0.15, -0.1) is 11.3 Å². The van der Waals surface area contributed by atoms with Crippen LogP contribution in [0.3, 0.4) is 0 Å². The third kappa shape index (κ3) is 5.63. The summed E-state index contributed by atoms with van der Waals surface area (Å²) in [5, 5.41) is 5.09. The number of carbonyl (C=O) groups excluding carboxylic acids is 2. The van der Waals surface area contributed by atoms with Crippen molar-refractivity contribution in [2.75, 3.05) is 12.4 Å². The topological polar surface area (TPSA) is 89.5 Å². The number of rotatable bonds is 8. The molecule has 1 N–H and O–H groups in total. The predicted octanol–water partition coefficient (Wildman–Crippen LogP) is 4.96. The van der Waals surface area contributed by atoms with E-state index < -0.39 is 15.8 Å². The van der Waals surface area contributed by atoms with Crippen molar-refractivity contribution in [2.45, 2.75) is 30.9 Å². The lowest BCUT2D eigenvalue weighted by Crippen LogP contribution is -2.15. The van der Waals surface area contributed by atoms with E-state index in [1.165, 1.54) is 18.4 Å². The summed E-state index contributed by atoms with van der Waals surface area (Å²) in [6.07, 6.45) is 0.696. The Balaban J connectivity index is 1.76. The lowest BCUT2D eigenvalue weighted by Gasteiger charge is -2.09. The molecule has 1 aromatic heterocycles. The maximum Gasteiger partial charge on any atom is 0.341 e. The van der Waals surface area contributed by atoms with Gasteiger partial charge in [-0.3, -0.25) is 4.79 Å². The average molecular weight is 472 g/mol. The second-order valence-electron chi connectivity index (χ2n) is 7.78. The average Bonchev–Trinajstić information content (AvgIpc) is 3.15. The number of hydrogen-bond donors (Lipinski definition) is 1.